The van der Waals surface area contributed by atoms with Crippen LogP contribution in [0.1, 0.15) is 88.6 Å². The lowest BCUT2D eigenvalue weighted by atomic mass is 9.89. The Labute approximate surface area is 311 Å². The summed E-state index contributed by atoms with van der Waals surface area (Å²) in [4.78, 5) is 40.7. The number of fused-ring (bicyclic) bond motifs is 1. The number of hydrogen-bond acceptors (Lipinski definition) is 7. The fourth-order valence-corrected chi connectivity index (χ4v) is 7.39. The Morgan fingerprint density at radius 3 is 2.64 bits per heavy atom. The van der Waals surface area contributed by atoms with Gasteiger partial charge in [-0.05, 0) is 113 Å². The summed E-state index contributed by atoms with van der Waals surface area (Å²) in [5.41, 5.74) is 5.72. The highest BCUT2D eigenvalue weighted by atomic mass is 16.5. The first-order chi connectivity index (χ1) is 25.8. The maximum absolute atomic E-state index is 13.2. The molecule has 0 aliphatic carbocycles. The van der Waals surface area contributed by atoms with Gasteiger partial charge in [-0.3, -0.25) is 19.9 Å². The molecule has 1 fully saturated rings. The fourth-order valence-electron chi connectivity index (χ4n) is 7.39. The van der Waals surface area contributed by atoms with E-state index in [0.717, 1.165) is 85.3 Å². The molecular weight excluding hydrogens is 665 g/mol. The molecule has 4 heterocycles. The average molecular weight is 717 g/mol. The van der Waals surface area contributed by atoms with Crippen molar-refractivity contribution in [1.29, 1.82) is 5.41 Å². The number of benzene rings is 2. The molecule has 0 spiro atoms. The van der Waals surface area contributed by atoms with Crippen LogP contribution in [0.2, 0.25) is 0 Å². The maximum atomic E-state index is 13.2. The number of hydrogen-bond donors (Lipinski definition) is 4. The van der Waals surface area contributed by atoms with Crippen molar-refractivity contribution in [3.8, 4) is 17.1 Å². The number of carbonyl (C=O) groups excluding carboxylic acids is 1. The van der Waals surface area contributed by atoms with Crippen LogP contribution in [0.5, 0.6) is 0 Å². The van der Waals surface area contributed by atoms with Gasteiger partial charge in [-0.1, -0.05) is 55.5 Å². The molecule has 0 saturated carbocycles. The smallest absolute Gasteiger partial charge is 0.407 e. The number of nitrogens with one attached hydrogen (secondary N) is 4. The van der Waals surface area contributed by atoms with E-state index in [2.05, 4.69) is 44.6 Å². The first-order valence-electron chi connectivity index (χ1n) is 19.0. The van der Waals surface area contributed by atoms with E-state index in [1.54, 1.807) is 11.5 Å². The predicted octanol–water partition coefficient (Wildman–Crippen LogP) is 7.70. The summed E-state index contributed by atoms with van der Waals surface area (Å²) in [5, 5.41) is 14.6. The Bertz CT molecular complexity index is 2020. The molecule has 0 bridgehead atoms. The molecule has 53 heavy (non-hydrogen) atoms. The molecule has 278 valence electrons. The maximum Gasteiger partial charge on any atom is 0.407 e. The molecule has 3 atom stereocenters. The Hall–Kier alpha value is -5.29. The van der Waals surface area contributed by atoms with E-state index in [0.29, 0.717) is 23.6 Å². The number of alkyl carbamates (subject to hydrolysis) is 1. The standard InChI is InChI=1S/C42H52N8O3/c1-4-25-49-35(23-24-44-30(3)43)16-10-18-39(49)32-19-21-36(22-20-32)50-27-33-26-38(47-40(33)48-41(50)51)37-17-9-15-34(46-37)14-8-11-29(2)45-42(52)53-28-31-12-6-5-7-13-31/h5-7,9,12-13,15,17,19-22,26-27,29,35,39H,4,8,10-11,14,16,18,23-25,28H2,1-3H3,(H2,43,44)(H,45,52)(H,47,48,51)/t29-,35?,39-/m0/s1. The molecule has 6 rings (SSSR count). The van der Waals surface area contributed by atoms with Crippen molar-refractivity contribution < 1.29 is 9.53 Å². The van der Waals surface area contributed by atoms with Crippen LogP contribution in [0, 0.1) is 5.41 Å². The van der Waals surface area contributed by atoms with Crippen molar-refractivity contribution in [2.45, 2.75) is 96.9 Å². The van der Waals surface area contributed by atoms with E-state index in [-0.39, 0.29) is 18.3 Å². The predicted molar refractivity (Wildman–Crippen MR) is 210 cm³/mol. The zero-order chi connectivity index (χ0) is 37.2. The van der Waals surface area contributed by atoms with Crippen LogP contribution in [0.3, 0.4) is 0 Å². The van der Waals surface area contributed by atoms with E-state index < -0.39 is 6.09 Å². The molecular formula is C42H52N8O3. The lowest BCUT2D eigenvalue weighted by molar-refractivity contribution is 0.0777. The highest BCUT2D eigenvalue weighted by Crippen LogP contribution is 2.36. The summed E-state index contributed by atoms with van der Waals surface area (Å²) in [6.07, 6.45) is 9.42. The minimum atomic E-state index is -0.416. The van der Waals surface area contributed by atoms with Crippen molar-refractivity contribution in [1.82, 2.24) is 35.1 Å². The summed E-state index contributed by atoms with van der Waals surface area (Å²) in [6, 6.07) is 26.7. The third-order valence-electron chi connectivity index (χ3n) is 10.0. The first kappa shape index (κ1) is 37.5. The van der Waals surface area contributed by atoms with Crippen LogP contribution < -0.4 is 16.3 Å². The van der Waals surface area contributed by atoms with Gasteiger partial charge in [-0.2, -0.15) is 4.98 Å². The summed E-state index contributed by atoms with van der Waals surface area (Å²) in [7, 11) is 0. The van der Waals surface area contributed by atoms with Gasteiger partial charge in [0, 0.05) is 41.9 Å². The number of aryl methyl sites for hydroxylation is 1. The third kappa shape index (κ3) is 9.98. The largest absolute Gasteiger partial charge is 0.445 e. The lowest BCUT2D eigenvalue weighted by Crippen LogP contribution is -2.43. The minimum absolute atomic E-state index is 0.0309. The Morgan fingerprint density at radius 2 is 1.87 bits per heavy atom. The van der Waals surface area contributed by atoms with Crippen molar-refractivity contribution >= 4 is 23.0 Å². The van der Waals surface area contributed by atoms with Crippen LogP contribution in [0.25, 0.3) is 28.1 Å². The van der Waals surface area contributed by atoms with Gasteiger partial charge in [0.2, 0.25) is 0 Å². The topological polar surface area (TPSA) is 141 Å². The van der Waals surface area contributed by atoms with E-state index in [4.69, 9.17) is 15.1 Å². The van der Waals surface area contributed by atoms with Crippen LogP contribution >= 0.6 is 0 Å². The minimum Gasteiger partial charge on any atom is -0.445 e. The molecule has 11 heteroatoms. The zero-order valence-corrected chi connectivity index (χ0v) is 31.1. The number of aromatic nitrogens is 4. The van der Waals surface area contributed by atoms with E-state index in [1.807, 2.05) is 79.9 Å². The number of pyridine rings is 1. The summed E-state index contributed by atoms with van der Waals surface area (Å²) >= 11 is 0. The van der Waals surface area contributed by atoms with Crippen LogP contribution in [-0.2, 0) is 17.8 Å². The van der Waals surface area contributed by atoms with E-state index in [1.165, 1.54) is 18.4 Å². The Kier molecular flexibility index (Phi) is 12.7. The number of ether oxygens (including phenoxy) is 1. The normalized spacial score (nSPS) is 16.7. The van der Waals surface area contributed by atoms with Crippen LogP contribution in [0.15, 0.2) is 89.9 Å². The molecule has 5 aromatic rings. The second-order valence-corrected chi connectivity index (χ2v) is 14.2. The lowest BCUT2D eigenvalue weighted by Gasteiger charge is -2.42. The monoisotopic (exact) mass is 716 g/mol. The van der Waals surface area contributed by atoms with E-state index in [9.17, 15) is 9.59 Å². The van der Waals surface area contributed by atoms with Crippen molar-refractivity contribution in [3.05, 3.63) is 112 Å². The summed E-state index contributed by atoms with van der Waals surface area (Å²) in [5.74, 6) is 0.517. The van der Waals surface area contributed by atoms with Crippen molar-refractivity contribution in [2.75, 3.05) is 13.1 Å². The first-order valence-corrected chi connectivity index (χ1v) is 19.0. The summed E-state index contributed by atoms with van der Waals surface area (Å²) in [6.45, 7) is 8.11. The zero-order valence-electron chi connectivity index (χ0n) is 31.1. The van der Waals surface area contributed by atoms with Crippen LogP contribution in [0.4, 0.5) is 4.79 Å². The van der Waals surface area contributed by atoms with Gasteiger partial charge in [0.1, 0.15) is 12.3 Å². The number of rotatable bonds is 15. The second kappa shape index (κ2) is 18.0. The molecule has 1 saturated heterocycles. The molecule has 4 N–H and O–H groups in total. The number of H-pyrrole nitrogens is 1. The van der Waals surface area contributed by atoms with Gasteiger partial charge in [-0.25, -0.2) is 9.59 Å². The highest BCUT2D eigenvalue weighted by molar-refractivity contribution is 5.81. The molecule has 1 aliphatic rings. The Morgan fingerprint density at radius 1 is 1.06 bits per heavy atom. The summed E-state index contributed by atoms with van der Waals surface area (Å²) < 4.78 is 6.96. The molecule has 1 aliphatic heterocycles. The SMILES string of the molecule is CCCN1C(CCNC(C)=N)CCC[C@H]1c1ccc(-n2cc3cc(-c4cccc(CCC[C@H](C)NC(=O)OCc5ccccc5)n4)[nH]c3nc2=O)cc1. The van der Waals surface area contributed by atoms with Crippen molar-refractivity contribution in [2.24, 2.45) is 0 Å². The van der Waals surface area contributed by atoms with E-state index >= 15 is 0 Å². The van der Waals surface area contributed by atoms with Gasteiger partial charge in [-0.15, -0.1) is 0 Å². The quantitative estimate of drug-likeness (QED) is 0.0643. The number of carbonyl (C=O) groups is 1. The third-order valence-corrected chi connectivity index (χ3v) is 10.0. The van der Waals surface area contributed by atoms with Gasteiger partial charge in [0.05, 0.1) is 22.9 Å². The molecule has 1 amide bonds. The fraction of sp³-hybridized carbons (Fsp3) is 0.405. The molecule has 2 aromatic carbocycles. The average Bonchev–Trinajstić information content (AvgIpc) is 3.58. The molecule has 11 nitrogen and oxygen atoms in total. The molecule has 3 aromatic heterocycles. The highest BCUT2D eigenvalue weighted by Gasteiger charge is 2.30. The number of amidine groups is 1. The number of likely N-dealkylation sites (tertiary alicyclic amines) is 1. The van der Waals surface area contributed by atoms with Crippen LogP contribution in [-0.4, -0.2) is 61.5 Å². The second-order valence-electron chi connectivity index (χ2n) is 14.2. The Balaban J connectivity index is 1.07. The van der Waals surface area contributed by atoms with Gasteiger partial charge in [0.25, 0.3) is 0 Å². The molecule has 0 radical (unpaired) electrons. The van der Waals surface area contributed by atoms with Gasteiger partial charge < -0.3 is 20.4 Å². The number of piperidine rings is 1. The van der Waals surface area contributed by atoms with Crippen molar-refractivity contribution in [3.63, 3.8) is 0 Å². The number of aromatic amines is 1. The van der Waals surface area contributed by atoms with Gasteiger partial charge >= 0.3 is 11.8 Å². The number of amides is 1. The molecule has 1 unspecified atom stereocenters. The number of nitrogens with zero attached hydrogens (tertiary/aromatic N) is 4. The van der Waals surface area contributed by atoms with Gasteiger partial charge in [0.15, 0.2) is 0 Å².